The maximum atomic E-state index is 5.88. The molecule has 0 radical (unpaired) electrons. The lowest BCUT2D eigenvalue weighted by molar-refractivity contribution is 0.518. The molecule has 1 aromatic heterocycles. The van der Waals surface area contributed by atoms with Crippen LogP contribution in [0.3, 0.4) is 0 Å². The zero-order valence-corrected chi connectivity index (χ0v) is 13.8. The van der Waals surface area contributed by atoms with Crippen molar-refractivity contribution < 1.29 is 0 Å². The molecule has 1 unspecified atom stereocenters. The summed E-state index contributed by atoms with van der Waals surface area (Å²) in [5, 5.41) is 3.44. The van der Waals surface area contributed by atoms with E-state index in [0.29, 0.717) is 11.9 Å². The average molecular weight is 278 g/mol. The van der Waals surface area contributed by atoms with Gasteiger partial charge in [-0.15, -0.1) is 0 Å². The van der Waals surface area contributed by atoms with Gasteiger partial charge in [0.15, 0.2) is 0 Å². The van der Waals surface area contributed by atoms with Crippen LogP contribution in [0.5, 0.6) is 0 Å². The van der Waals surface area contributed by atoms with Crippen LogP contribution in [0.1, 0.15) is 66.6 Å². The van der Waals surface area contributed by atoms with Crippen LogP contribution in [0.4, 0.5) is 11.6 Å². The molecule has 0 amide bonds. The second kappa shape index (κ2) is 6.91. The maximum absolute atomic E-state index is 5.88. The zero-order chi connectivity index (χ0) is 15.3. The van der Waals surface area contributed by atoms with Gasteiger partial charge in [0.25, 0.3) is 0 Å². The molecule has 4 heteroatoms. The number of nitrogen functional groups attached to an aromatic ring is 1. The van der Waals surface area contributed by atoms with Gasteiger partial charge in [0.2, 0.25) is 0 Å². The third-order valence-electron chi connectivity index (χ3n) is 3.23. The summed E-state index contributed by atoms with van der Waals surface area (Å²) in [5.74, 6) is 2.92. The molecule has 3 N–H and O–H groups in total. The number of aromatic nitrogens is 2. The molecular formula is C16H30N4. The standard InChI is InChI=1S/C16H30N4/c1-11(2)8-7-9-12(3)18-14-10-13(17)19-15(20-14)16(4,5)6/h10-12H,7-9H2,1-6H3,(H3,17,18,19,20). The number of anilines is 2. The molecule has 1 heterocycles. The summed E-state index contributed by atoms with van der Waals surface area (Å²) < 4.78 is 0. The van der Waals surface area contributed by atoms with Gasteiger partial charge in [-0.05, 0) is 19.3 Å². The summed E-state index contributed by atoms with van der Waals surface area (Å²) in [6.07, 6.45) is 3.65. The molecule has 0 aromatic carbocycles. The van der Waals surface area contributed by atoms with E-state index in [-0.39, 0.29) is 5.41 Å². The second-order valence-electron chi connectivity index (χ2n) is 7.12. The Labute approximate surface area is 123 Å². The van der Waals surface area contributed by atoms with Gasteiger partial charge in [-0.3, -0.25) is 0 Å². The summed E-state index contributed by atoms with van der Waals surface area (Å²) in [6, 6.07) is 2.21. The molecule has 1 rings (SSSR count). The summed E-state index contributed by atoms with van der Waals surface area (Å²) in [4.78, 5) is 8.91. The Bertz CT molecular complexity index is 421. The molecule has 20 heavy (non-hydrogen) atoms. The summed E-state index contributed by atoms with van der Waals surface area (Å²) >= 11 is 0. The van der Waals surface area contributed by atoms with Crippen LogP contribution in [0, 0.1) is 5.92 Å². The molecule has 0 bridgehead atoms. The predicted octanol–water partition coefficient (Wildman–Crippen LogP) is 3.98. The van der Waals surface area contributed by atoms with Crippen LogP contribution in [-0.2, 0) is 5.41 Å². The van der Waals surface area contributed by atoms with E-state index < -0.39 is 0 Å². The van der Waals surface area contributed by atoms with Gasteiger partial charge in [-0.25, -0.2) is 9.97 Å². The first-order chi connectivity index (χ1) is 9.18. The number of nitrogens with zero attached hydrogens (tertiary/aromatic N) is 2. The predicted molar refractivity (Wildman–Crippen MR) is 86.9 cm³/mol. The highest BCUT2D eigenvalue weighted by Gasteiger charge is 2.19. The van der Waals surface area contributed by atoms with Gasteiger partial charge < -0.3 is 11.1 Å². The molecule has 0 fully saturated rings. The molecule has 0 aliphatic heterocycles. The van der Waals surface area contributed by atoms with E-state index in [9.17, 15) is 0 Å². The first-order valence-corrected chi connectivity index (χ1v) is 7.60. The van der Waals surface area contributed by atoms with Gasteiger partial charge in [0, 0.05) is 17.5 Å². The van der Waals surface area contributed by atoms with Crippen molar-refractivity contribution in [3.63, 3.8) is 0 Å². The van der Waals surface area contributed by atoms with Gasteiger partial charge >= 0.3 is 0 Å². The van der Waals surface area contributed by atoms with E-state index in [0.717, 1.165) is 24.0 Å². The lowest BCUT2D eigenvalue weighted by Crippen LogP contribution is -2.21. The number of nitrogens with one attached hydrogen (secondary N) is 1. The van der Waals surface area contributed by atoms with Crippen LogP contribution in [-0.4, -0.2) is 16.0 Å². The quantitative estimate of drug-likeness (QED) is 0.826. The van der Waals surface area contributed by atoms with Crippen molar-refractivity contribution in [2.75, 3.05) is 11.1 Å². The van der Waals surface area contributed by atoms with Crippen molar-refractivity contribution in [3.05, 3.63) is 11.9 Å². The smallest absolute Gasteiger partial charge is 0.138 e. The first kappa shape index (κ1) is 16.7. The first-order valence-electron chi connectivity index (χ1n) is 7.60. The van der Waals surface area contributed by atoms with Crippen molar-refractivity contribution in [3.8, 4) is 0 Å². The third-order valence-corrected chi connectivity index (χ3v) is 3.23. The van der Waals surface area contributed by atoms with E-state index in [2.05, 4.69) is 56.8 Å². The third kappa shape index (κ3) is 5.76. The Morgan fingerprint density at radius 2 is 1.80 bits per heavy atom. The minimum absolute atomic E-state index is 0.0906. The Morgan fingerprint density at radius 1 is 1.15 bits per heavy atom. The lowest BCUT2D eigenvalue weighted by atomic mass is 9.96. The second-order valence-corrected chi connectivity index (χ2v) is 7.12. The number of rotatable bonds is 6. The van der Waals surface area contributed by atoms with Crippen LogP contribution >= 0.6 is 0 Å². The number of nitrogens with two attached hydrogens (primary N) is 1. The van der Waals surface area contributed by atoms with Gasteiger partial charge in [0.05, 0.1) is 0 Å². The van der Waals surface area contributed by atoms with Crippen LogP contribution in [0.25, 0.3) is 0 Å². The fraction of sp³-hybridized carbons (Fsp3) is 0.750. The minimum Gasteiger partial charge on any atom is -0.384 e. The fourth-order valence-electron chi connectivity index (χ4n) is 2.03. The molecule has 0 saturated carbocycles. The van der Waals surface area contributed by atoms with Crippen molar-refractivity contribution in [2.45, 2.75) is 72.3 Å². The Hall–Kier alpha value is -1.32. The fourth-order valence-corrected chi connectivity index (χ4v) is 2.03. The molecule has 1 atom stereocenters. The highest BCUT2D eigenvalue weighted by atomic mass is 15.1. The molecule has 0 spiro atoms. The van der Waals surface area contributed by atoms with Crippen LogP contribution < -0.4 is 11.1 Å². The molecule has 4 nitrogen and oxygen atoms in total. The van der Waals surface area contributed by atoms with Gasteiger partial charge in [0.1, 0.15) is 17.5 Å². The largest absolute Gasteiger partial charge is 0.384 e. The van der Waals surface area contributed by atoms with E-state index >= 15 is 0 Å². The van der Waals surface area contributed by atoms with Crippen molar-refractivity contribution in [2.24, 2.45) is 5.92 Å². The highest BCUT2D eigenvalue weighted by molar-refractivity contribution is 5.45. The minimum atomic E-state index is -0.0906. The monoisotopic (exact) mass is 278 g/mol. The Kier molecular flexibility index (Phi) is 5.78. The molecule has 114 valence electrons. The Balaban J connectivity index is 2.65. The normalized spacial score (nSPS) is 13.6. The summed E-state index contributed by atoms with van der Waals surface area (Å²) in [5.41, 5.74) is 5.79. The molecule has 0 aliphatic carbocycles. The molecule has 0 saturated heterocycles. The average Bonchev–Trinajstić information content (AvgIpc) is 2.26. The van der Waals surface area contributed by atoms with Crippen molar-refractivity contribution in [1.82, 2.24) is 9.97 Å². The highest BCUT2D eigenvalue weighted by Crippen LogP contribution is 2.22. The zero-order valence-electron chi connectivity index (χ0n) is 13.8. The van der Waals surface area contributed by atoms with Crippen LogP contribution in [0.15, 0.2) is 6.07 Å². The summed E-state index contributed by atoms with van der Waals surface area (Å²) in [6.45, 7) is 13.0. The number of hydrogen-bond acceptors (Lipinski definition) is 4. The molecular weight excluding hydrogens is 248 g/mol. The van der Waals surface area contributed by atoms with E-state index in [1.807, 2.05) is 6.07 Å². The Morgan fingerprint density at radius 3 is 2.35 bits per heavy atom. The summed E-state index contributed by atoms with van der Waals surface area (Å²) in [7, 11) is 0. The van der Waals surface area contributed by atoms with E-state index in [1.54, 1.807) is 0 Å². The SMILES string of the molecule is CC(C)CCCC(C)Nc1cc(N)nc(C(C)(C)C)n1. The lowest BCUT2D eigenvalue weighted by Gasteiger charge is -2.20. The molecule has 1 aromatic rings. The van der Waals surface area contributed by atoms with E-state index in [1.165, 1.54) is 12.8 Å². The van der Waals surface area contributed by atoms with Crippen molar-refractivity contribution >= 4 is 11.6 Å². The van der Waals surface area contributed by atoms with Gasteiger partial charge in [-0.1, -0.05) is 47.5 Å². The topological polar surface area (TPSA) is 63.8 Å². The number of hydrogen-bond donors (Lipinski definition) is 2. The van der Waals surface area contributed by atoms with Crippen molar-refractivity contribution in [1.29, 1.82) is 0 Å². The van der Waals surface area contributed by atoms with E-state index in [4.69, 9.17) is 5.73 Å². The van der Waals surface area contributed by atoms with Crippen LogP contribution in [0.2, 0.25) is 0 Å². The van der Waals surface area contributed by atoms with Gasteiger partial charge in [-0.2, -0.15) is 0 Å². The maximum Gasteiger partial charge on any atom is 0.138 e. The molecule has 0 aliphatic rings.